The summed E-state index contributed by atoms with van der Waals surface area (Å²) < 4.78 is 7.51. The highest BCUT2D eigenvalue weighted by molar-refractivity contribution is 5.37. The fourth-order valence-electron chi connectivity index (χ4n) is 3.18. The third kappa shape index (κ3) is 2.99. The molecule has 0 aliphatic heterocycles. The van der Waals surface area contributed by atoms with E-state index in [1.54, 1.807) is 16.7 Å². The van der Waals surface area contributed by atoms with E-state index in [0.717, 1.165) is 23.1 Å². The molecular formula is C19H21N3O2. The van der Waals surface area contributed by atoms with Gasteiger partial charge >= 0.3 is 0 Å². The molecule has 1 saturated carbocycles. The monoisotopic (exact) mass is 323 g/mol. The van der Waals surface area contributed by atoms with Gasteiger partial charge in [-0.2, -0.15) is 0 Å². The quantitative estimate of drug-likeness (QED) is 0.724. The lowest BCUT2D eigenvalue weighted by molar-refractivity contribution is 0.280. The fraction of sp³-hybridized carbons (Fsp3) is 0.368. The summed E-state index contributed by atoms with van der Waals surface area (Å²) in [5, 5.41) is 0. The number of hydrogen-bond acceptors (Lipinski definition) is 4. The highest BCUT2D eigenvalue weighted by Crippen LogP contribution is 2.47. The van der Waals surface area contributed by atoms with Gasteiger partial charge in [0.25, 0.3) is 5.56 Å². The van der Waals surface area contributed by atoms with Gasteiger partial charge in [-0.05, 0) is 43.7 Å². The van der Waals surface area contributed by atoms with Crippen LogP contribution in [-0.2, 0) is 13.1 Å². The summed E-state index contributed by atoms with van der Waals surface area (Å²) >= 11 is 0. The molecule has 124 valence electrons. The zero-order valence-corrected chi connectivity index (χ0v) is 14.0. The van der Waals surface area contributed by atoms with Crippen LogP contribution in [0, 0.1) is 5.92 Å². The van der Waals surface area contributed by atoms with Crippen LogP contribution < -0.4 is 5.56 Å². The maximum atomic E-state index is 12.1. The summed E-state index contributed by atoms with van der Waals surface area (Å²) in [6.07, 6.45) is 2.97. The van der Waals surface area contributed by atoms with Crippen molar-refractivity contribution in [3.8, 4) is 0 Å². The SMILES string of the molecule is C[C@H]1C[C@@H]1c1ccc(CN(C)Cc2cc(=O)n3ccccc3n2)o1. The molecule has 0 radical (unpaired) electrons. The average molecular weight is 323 g/mol. The highest BCUT2D eigenvalue weighted by atomic mass is 16.3. The van der Waals surface area contributed by atoms with Crippen molar-refractivity contribution in [2.75, 3.05) is 7.05 Å². The molecule has 3 aromatic heterocycles. The Morgan fingerprint density at radius 3 is 2.92 bits per heavy atom. The summed E-state index contributed by atoms with van der Waals surface area (Å²) in [6.45, 7) is 3.57. The summed E-state index contributed by atoms with van der Waals surface area (Å²) in [7, 11) is 2.01. The van der Waals surface area contributed by atoms with Gasteiger partial charge < -0.3 is 4.42 Å². The molecule has 5 heteroatoms. The van der Waals surface area contributed by atoms with Gasteiger partial charge in [-0.25, -0.2) is 4.98 Å². The van der Waals surface area contributed by atoms with Crippen LogP contribution >= 0.6 is 0 Å². The van der Waals surface area contributed by atoms with Gasteiger partial charge in [0.15, 0.2) is 0 Å². The molecule has 1 aliphatic carbocycles. The van der Waals surface area contributed by atoms with E-state index in [1.165, 1.54) is 6.42 Å². The van der Waals surface area contributed by atoms with Crippen LogP contribution in [-0.4, -0.2) is 21.3 Å². The smallest absolute Gasteiger partial charge is 0.258 e. The van der Waals surface area contributed by atoms with Gasteiger partial charge in [0.2, 0.25) is 0 Å². The Balaban J connectivity index is 1.47. The first-order valence-corrected chi connectivity index (χ1v) is 8.34. The minimum atomic E-state index is -0.0491. The summed E-state index contributed by atoms with van der Waals surface area (Å²) in [5.74, 6) is 3.42. The van der Waals surface area contributed by atoms with Crippen molar-refractivity contribution >= 4 is 5.65 Å². The maximum absolute atomic E-state index is 12.1. The molecule has 0 N–H and O–H groups in total. The number of fused-ring (bicyclic) bond motifs is 1. The molecule has 3 aromatic rings. The largest absolute Gasteiger partial charge is 0.464 e. The van der Waals surface area contributed by atoms with Crippen LogP contribution in [0.2, 0.25) is 0 Å². The Morgan fingerprint density at radius 1 is 1.29 bits per heavy atom. The van der Waals surface area contributed by atoms with Crippen molar-refractivity contribution in [2.45, 2.75) is 32.4 Å². The zero-order valence-electron chi connectivity index (χ0n) is 14.0. The van der Waals surface area contributed by atoms with Crippen molar-refractivity contribution in [1.29, 1.82) is 0 Å². The predicted octanol–water partition coefficient (Wildman–Crippen LogP) is 3.04. The Kier molecular flexibility index (Phi) is 3.73. The molecule has 1 fully saturated rings. The molecule has 0 saturated heterocycles. The van der Waals surface area contributed by atoms with Crippen molar-refractivity contribution < 1.29 is 4.42 Å². The molecule has 24 heavy (non-hydrogen) atoms. The molecule has 0 amide bonds. The second-order valence-corrected chi connectivity index (χ2v) is 6.81. The minimum absolute atomic E-state index is 0.0491. The number of furan rings is 1. The topological polar surface area (TPSA) is 50.8 Å². The van der Waals surface area contributed by atoms with Gasteiger partial charge in [-0.3, -0.25) is 14.1 Å². The van der Waals surface area contributed by atoms with Gasteiger partial charge in [0.05, 0.1) is 12.2 Å². The van der Waals surface area contributed by atoms with Crippen LogP contribution in [0.4, 0.5) is 0 Å². The first kappa shape index (κ1) is 15.1. The van der Waals surface area contributed by atoms with E-state index in [-0.39, 0.29) is 5.56 Å². The standard InChI is InChI=1S/C19H21N3O2/c1-13-9-16(13)17-7-6-15(24-17)12-21(2)11-14-10-19(23)22-8-4-3-5-18(22)20-14/h3-8,10,13,16H,9,11-12H2,1-2H3/t13-,16-/m0/s1. The molecular weight excluding hydrogens is 302 g/mol. The molecule has 0 unspecified atom stereocenters. The van der Waals surface area contributed by atoms with E-state index in [0.29, 0.717) is 24.7 Å². The first-order chi connectivity index (χ1) is 11.6. The van der Waals surface area contributed by atoms with Crippen LogP contribution in [0.5, 0.6) is 0 Å². The Hall–Kier alpha value is -2.40. The summed E-state index contributed by atoms with van der Waals surface area (Å²) in [4.78, 5) is 18.8. The molecule has 2 atom stereocenters. The molecule has 3 heterocycles. The molecule has 4 rings (SSSR count). The molecule has 0 bridgehead atoms. The third-order valence-corrected chi connectivity index (χ3v) is 4.64. The fourth-order valence-corrected chi connectivity index (χ4v) is 3.18. The Morgan fingerprint density at radius 2 is 2.12 bits per heavy atom. The van der Waals surface area contributed by atoms with E-state index in [1.807, 2.05) is 25.2 Å². The maximum Gasteiger partial charge on any atom is 0.258 e. The van der Waals surface area contributed by atoms with Gasteiger partial charge in [-0.1, -0.05) is 13.0 Å². The van der Waals surface area contributed by atoms with E-state index in [9.17, 15) is 4.79 Å². The normalized spacial score (nSPS) is 20.0. The number of hydrogen-bond donors (Lipinski definition) is 0. The molecule has 5 nitrogen and oxygen atoms in total. The second-order valence-electron chi connectivity index (χ2n) is 6.81. The van der Waals surface area contributed by atoms with Gasteiger partial charge in [0, 0.05) is 24.7 Å². The Bertz CT molecular complexity index is 928. The number of nitrogens with zero attached hydrogens (tertiary/aromatic N) is 3. The Labute approximate surface area is 140 Å². The van der Waals surface area contributed by atoms with Crippen LogP contribution in [0.1, 0.15) is 36.5 Å². The third-order valence-electron chi connectivity index (χ3n) is 4.64. The van der Waals surface area contributed by atoms with Crippen molar-refractivity contribution in [3.05, 3.63) is 70.2 Å². The van der Waals surface area contributed by atoms with E-state index in [4.69, 9.17) is 4.42 Å². The lowest BCUT2D eigenvalue weighted by atomic mass is 10.3. The summed E-state index contributed by atoms with van der Waals surface area (Å²) in [5.41, 5.74) is 1.40. The average Bonchev–Trinajstić information content (AvgIpc) is 3.10. The van der Waals surface area contributed by atoms with Crippen LogP contribution in [0.15, 0.2) is 51.8 Å². The highest BCUT2D eigenvalue weighted by Gasteiger charge is 2.36. The minimum Gasteiger partial charge on any atom is -0.464 e. The van der Waals surface area contributed by atoms with Gasteiger partial charge in [-0.15, -0.1) is 0 Å². The van der Waals surface area contributed by atoms with Crippen molar-refractivity contribution in [2.24, 2.45) is 5.92 Å². The molecule has 0 spiro atoms. The number of pyridine rings is 1. The van der Waals surface area contributed by atoms with Gasteiger partial charge in [0.1, 0.15) is 17.2 Å². The van der Waals surface area contributed by atoms with E-state index in [2.05, 4.69) is 28.9 Å². The van der Waals surface area contributed by atoms with E-state index >= 15 is 0 Å². The lowest BCUT2D eigenvalue weighted by Gasteiger charge is -2.14. The molecule has 1 aliphatic rings. The van der Waals surface area contributed by atoms with Crippen molar-refractivity contribution in [3.63, 3.8) is 0 Å². The zero-order chi connectivity index (χ0) is 16.7. The van der Waals surface area contributed by atoms with Crippen LogP contribution in [0.25, 0.3) is 5.65 Å². The number of aromatic nitrogens is 2. The summed E-state index contributed by atoms with van der Waals surface area (Å²) in [6, 6.07) is 11.3. The first-order valence-electron chi connectivity index (χ1n) is 8.34. The van der Waals surface area contributed by atoms with Crippen molar-refractivity contribution in [1.82, 2.24) is 14.3 Å². The van der Waals surface area contributed by atoms with E-state index < -0.39 is 0 Å². The van der Waals surface area contributed by atoms with Crippen LogP contribution in [0.3, 0.4) is 0 Å². The second kappa shape index (κ2) is 5.91. The molecule has 0 aromatic carbocycles. The lowest BCUT2D eigenvalue weighted by Crippen LogP contribution is -2.21. The predicted molar refractivity (Wildman–Crippen MR) is 91.9 cm³/mol. The number of rotatable bonds is 5.